The summed E-state index contributed by atoms with van der Waals surface area (Å²) in [6, 6.07) is 13.7. The molecule has 2 aromatic heterocycles. The summed E-state index contributed by atoms with van der Waals surface area (Å²) in [5.74, 6) is -0.0577. The van der Waals surface area contributed by atoms with Crippen LogP contribution in [0.3, 0.4) is 0 Å². The fourth-order valence-corrected chi connectivity index (χ4v) is 3.36. The quantitative estimate of drug-likeness (QED) is 0.764. The third kappa shape index (κ3) is 3.78. The van der Waals surface area contributed by atoms with E-state index in [1.165, 1.54) is 6.42 Å². The van der Waals surface area contributed by atoms with Crippen molar-refractivity contribution in [3.63, 3.8) is 0 Å². The van der Waals surface area contributed by atoms with Gasteiger partial charge >= 0.3 is 0 Å². The van der Waals surface area contributed by atoms with Crippen LogP contribution in [0.25, 0.3) is 16.9 Å². The predicted molar refractivity (Wildman–Crippen MR) is 101 cm³/mol. The predicted octanol–water partition coefficient (Wildman–Crippen LogP) is 3.69. The zero-order valence-corrected chi connectivity index (χ0v) is 14.7. The molecule has 26 heavy (non-hydrogen) atoms. The molecule has 1 aliphatic heterocycles. The highest BCUT2D eigenvalue weighted by Gasteiger charge is 2.14. The summed E-state index contributed by atoms with van der Waals surface area (Å²) in [6.45, 7) is 1.49. The lowest BCUT2D eigenvalue weighted by atomic mass is 10.1. The van der Waals surface area contributed by atoms with E-state index in [2.05, 4.69) is 10.3 Å². The van der Waals surface area contributed by atoms with Gasteiger partial charge in [0.05, 0.1) is 17.4 Å². The molecule has 1 atom stereocenters. The molecule has 5 nitrogen and oxygen atoms in total. The molecule has 1 unspecified atom stereocenters. The molecular formula is C21H23N3O2. The Balaban J connectivity index is 1.42. The molecule has 3 aromatic rings. The molecule has 1 N–H and O–H groups in total. The SMILES string of the molecule is O=C(NCCC1CCCCO1)c1ccc2nc(-c3ccccc3)cn2c1. The van der Waals surface area contributed by atoms with Crippen LogP contribution in [0.2, 0.25) is 0 Å². The lowest BCUT2D eigenvalue weighted by molar-refractivity contribution is 0.0117. The highest BCUT2D eigenvalue weighted by Crippen LogP contribution is 2.19. The van der Waals surface area contributed by atoms with E-state index >= 15 is 0 Å². The molecule has 3 heterocycles. The van der Waals surface area contributed by atoms with Crippen molar-refractivity contribution in [2.24, 2.45) is 0 Å². The Hall–Kier alpha value is -2.66. The average Bonchev–Trinajstić information content (AvgIpc) is 3.13. The molecule has 1 amide bonds. The third-order valence-corrected chi connectivity index (χ3v) is 4.81. The van der Waals surface area contributed by atoms with E-state index in [0.717, 1.165) is 42.8 Å². The number of hydrogen-bond donors (Lipinski definition) is 1. The summed E-state index contributed by atoms with van der Waals surface area (Å²) in [6.07, 6.45) is 8.42. The van der Waals surface area contributed by atoms with Gasteiger partial charge in [0.2, 0.25) is 0 Å². The first-order chi connectivity index (χ1) is 12.8. The monoisotopic (exact) mass is 349 g/mol. The minimum Gasteiger partial charge on any atom is -0.378 e. The molecule has 1 saturated heterocycles. The fraction of sp³-hybridized carbons (Fsp3) is 0.333. The van der Waals surface area contributed by atoms with E-state index in [9.17, 15) is 4.79 Å². The Kier molecular flexibility index (Phi) is 4.97. The number of amides is 1. The van der Waals surface area contributed by atoms with Crippen LogP contribution < -0.4 is 5.32 Å². The van der Waals surface area contributed by atoms with Crippen molar-refractivity contribution in [3.8, 4) is 11.3 Å². The zero-order valence-electron chi connectivity index (χ0n) is 14.7. The number of ether oxygens (including phenoxy) is 1. The van der Waals surface area contributed by atoms with Gasteiger partial charge in [-0.2, -0.15) is 0 Å². The zero-order chi connectivity index (χ0) is 17.8. The van der Waals surface area contributed by atoms with Crippen LogP contribution in [0.4, 0.5) is 0 Å². The molecule has 0 radical (unpaired) electrons. The van der Waals surface area contributed by atoms with E-state index in [4.69, 9.17) is 4.74 Å². The Morgan fingerprint density at radius 2 is 2.04 bits per heavy atom. The molecule has 0 bridgehead atoms. The first-order valence-electron chi connectivity index (χ1n) is 9.23. The summed E-state index contributed by atoms with van der Waals surface area (Å²) in [7, 11) is 0. The van der Waals surface area contributed by atoms with E-state index in [0.29, 0.717) is 12.1 Å². The highest BCUT2D eigenvalue weighted by atomic mass is 16.5. The minimum absolute atomic E-state index is 0.0577. The number of benzene rings is 1. The average molecular weight is 349 g/mol. The van der Waals surface area contributed by atoms with Crippen molar-refractivity contribution < 1.29 is 9.53 Å². The van der Waals surface area contributed by atoms with Crippen LogP contribution in [0, 0.1) is 0 Å². The summed E-state index contributed by atoms with van der Waals surface area (Å²) < 4.78 is 7.61. The van der Waals surface area contributed by atoms with Crippen molar-refractivity contribution in [2.45, 2.75) is 31.8 Å². The van der Waals surface area contributed by atoms with Gasteiger partial charge in [0, 0.05) is 31.1 Å². The number of carbonyl (C=O) groups excluding carboxylic acids is 1. The normalized spacial score (nSPS) is 17.3. The van der Waals surface area contributed by atoms with Crippen molar-refractivity contribution >= 4 is 11.6 Å². The van der Waals surface area contributed by atoms with Crippen LogP contribution in [0.5, 0.6) is 0 Å². The smallest absolute Gasteiger partial charge is 0.252 e. The van der Waals surface area contributed by atoms with Crippen molar-refractivity contribution in [1.82, 2.24) is 14.7 Å². The van der Waals surface area contributed by atoms with Gasteiger partial charge in [0.25, 0.3) is 5.91 Å². The maximum atomic E-state index is 12.4. The number of rotatable bonds is 5. The second-order valence-corrected chi connectivity index (χ2v) is 6.71. The lowest BCUT2D eigenvalue weighted by Crippen LogP contribution is -2.29. The van der Waals surface area contributed by atoms with E-state index in [1.54, 1.807) is 0 Å². The number of nitrogens with zero attached hydrogens (tertiary/aromatic N) is 2. The number of nitrogens with one attached hydrogen (secondary N) is 1. The first-order valence-corrected chi connectivity index (χ1v) is 9.23. The summed E-state index contributed by atoms with van der Waals surface area (Å²) >= 11 is 0. The molecule has 1 aliphatic rings. The van der Waals surface area contributed by atoms with E-state index < -0.39 is 0 Å². The second kappa shape index (κ2) is 7.70. The summed E-state index contributed by atoms with van der Waals surface area (Å²) in [5.41, 5.74) is 3.43. The Morgan fingerprint density at radius 3 is 2.85 bits per heavy atom. The van der Waals surface area contributed by atoms with Gasteiger partial charge in [0.15, 0.2) is 0 Å². The van der Waals surface area contributed by atoms with Crippen LogP contribution in [-0.4, -0.2) is 34.5 Å². The van der Waals surface area contributed by atoms with Crippen molar-refractivity contribution in [3.05, 3.63) is 60.4 Å². The van der Waals surface area contributed by atoms with Gasteiger partial charge in [-0.1, -0.05) is 30.3 Å². The van der Waals surface area contributed by atoms with E-state index in [1.807, 2.05) is 59.3 Å². The number of hydrogen-bond acceptors (Lipinski definition) is 3. The minimum atomic E-state index is -0.0577. The largest absolute Gasteiger partial charge is 0.378 e. The van der Waals surface area contributed by atoms with Gasteiger partial charge in [-0.3, -0.25) is 4.79 Å². The lowest BCUT2D eigenvalue weighted by Gasteiger charge is -2.22. The van der Waals surface area contributed by atoms with Gasteiger partial charge in [-0.05, 0) is 37.8 Å². The number of aromatic nitrogens is 2. The Labute approximate surface area is 153 Å². The fourth-order valence-electron chi connectivity index (χ4n) is 3.36. The number of imidazole rings is 1. The molecule has 1 aromatic carbocycles. The number of pyridine rings is 1. The van der Waals surface area contributed by atoms with Crippen LogP contribution in [-0.2, 0) is 4.74 Å². The number of carbonyl (C=O) groups is 1. The molecule has 4 rings (SSSR count). The van der Waals surface area contributed by atoms with Crippen molar-refractivity contribution in [2.75, 3.05) is 13.2 Å². The molecule has 0 aliphatic carbocycles. The van der Waals surface area contributed by atoms with E-state index in [-0.39, 0.29) is 12.0 Å². The molecule has 1 fully saturated rings. The summed E-state index contributed by atoms with van der Waals surface area (Å²) in [5, 5.41) is 3.00. The molecule has 134 valence electrons. The van der Waals surface area contributed by atoms with Crippen LogP contribution in [0.1, 0.15) is 36.0 Å². The van der Waals surface area contributed by atoms with Crippen molar-refractivity contribution in [1.29, 1.82) is 0 Å². The molecule has 0 saturated carbocycles. The van der Waals surface area contributed by atoms with Gasteiger partial charge in [0.1, 0.15) is 5.65 Å². The Bertz CT molecular complexity index is 883. The van der Waals surface area contributed by atoms with Gasteiger partial charge in [-0.25, -0.2) is 4.98 Å². The molecule has 0 spiro atoms. The van der Waals surface area contributed by atoms with Crippen LogP contribution >= 0.6 is 0 Å². The van der Waals surface area contributed by atoms with Gasteiger partial charge in [-0.15, -0.1) is 0 Å². The van der Waals surface area contributed by atoms with Crippen LogP contribution in [0.15, 0.2) is 54.9 Å². The maximum Gasteiger partial charge on any atom is 0.252 e. The molecular weight excluding hydrogens is 326 g/mol. The standard InChI is InChI=1S/C21H23N3O2/c25-21(22-12-11-18-8-4-5-13-26-18)17-9-10-20-23-19(15-24(20)14-17)16-6-2-1-3-7-16/h1-3,6-7,9-10,14-15,18H,4-5,8,11-13H2,(H,22,25). The topological polar surface area (TPSA) is 55.6 Å². The van der Waals surface area contributed by atoms with Gasteiger partial charge < -0.3 is 14.5 Å². The summed E-state index contributed by atoms with van der Waals surface area (Å²) in [4.78, 5) is 17.0. The first kappa shape index (κ1) is 16.8. The third-order valence-electron chi connectivity index (χ3n) is 4.81. The second-order valence-electron chi connectivity index (χ2n) is 6.71. The highest BCUT2D eigenvalue weighted by molar-refractivity contribution is 5.94. The number of fused-ring (bicyclic) bond motifs is 1. The Morgan fingerprint density at radius 1 is 1.15 bits per heavy atom. The molecule has 5 heteroatoms. The maximum absolute atomic E-state index is 12.4.